The van der Waals surface area contributed by atoms with Crippen molar-refractivity contribution in [3.63, 3.8) is 0 Å². The van der Waals surface area contributed by atoms with Gasteiger partial charge in [0.15, 0.2) is 0 Å². The molecular formula is C24H23F3N6O3. The first-order chi connectivity index (χ1) is 17.2. The Morgan fingerprint density at radius 2 is 1.83 bits per heavy atom. The van der Waals surface area contributed by atoms with Crippen LogP contribution in [0.4, 0.5) is 29.3 Å². The Labute approximate surface area is 204 Å². The molecule has 0 spiro atoms. The topological polar surface area (TPSA) is 101 Å². The van der Waals surface area contributed by atoms with Gasteiger partial charge < -0.3 is 10.1 Å². The molecule has 12 heteroatoms. The lowest BCUT2D eigenvalue weighted by atomic mass is 9.92. The molecule has 3 amide bonds. The van der Waals surface area contributed by atoms with Gasteiger partial charge in [-0.3, -0.25) is 19.6 Å². The fourth-order valence-corrected chi connectivity index (χ4v) is 4.67. The summed E-state index contributed by atoms with van der Waals surface area (Å²) in [4.78, 5) is 40.1. The van der Waals surface area contributed by atoms with Crippen molar-refractivity contribution in [3.05, 3.63) is 48.5 Å². The predicted molar refractivity (Wildman–Crippen MR) is 125 cm³/mol. The maximum atomic E-state index is 13.1. The smallest absolute Gasteiger partial charge is 0.417 e. The van der Waals surface area contributed by atoms with Crippen molar-refractivity contribution in [2.24, 2.45) is 0 Å². The summed E-state index contributed by atoms with van der Waals surface area (Å²) < 4.78 is 45.4. The number of carbonyl (C=O) groups is 2. The zero-order valence-corrected chi connectivity index (χ0v) is 19.3. The molecule has 9 nitrogen and oxygen atoms in total. The number of nitrogens with zero attached hydrogens (tertiary/aromatic N) is 5. The Balaban J connectivity index is 1.25. The van der Waals surface area contributed by atoms with Crippen LogP contribution in [-0.4, -0.2) is 57.5 Å². The zero-order valence-electron chi connectivity index (χ0n) is 19.3. The molecule has 36 heavy (non-hydrogen) atoms. The highest BCUT2D eigenvalue weighted by atomic mass is 19.4. The number of aromatic nitrogens is 3. The molecule has 0 bridgehead atoms. The molecule has 2 aromatic heterocycles. The van der Waals surface area contributed by atoms with Gasteiger partial charge in [0.05, 0.1) is 28.4 Å². The summed E-state index contributed by atoms with van der Waals surface area (Å²) in [5, 5.41) is 3.85. The van der Waals surface area contributed by atoms with Gasteiger partial charge in [-0.1, -0.05) is 0 Å². The van der Waals surface area contributed by atoms with Crippen molar-refractivity contribution in [2.45, 2.75) is 44.0 Å². The van der Waals surface area contributed by atoms with Crippen molar-refractivity contribution in [2.75, 3.05) is 23.8 Å². The standard InChI is InChI=1S/C24H23F3N6O3/c1-28-15-2-7-19-20(9-15)30-13-31-22(19)36-18-5-3-16(4-6-18)33-21(34)12-32(23(33)35)17-8-14(10-29-11-17)24(25,26)27/h2,7-11,13,16,18,28H,3-6,12H2,1H3/t16-,18+. The summed E-state index contributed by atoms with van der Waals surface area (Å²) >= 11 is 0. The first kappa shape index (κ1) is 23.8. The molecule has 1 aliphatic carbocycles. The van der Waals surface area contributed by atoms with E-state index < -0.39 is 23.7 Å². The van der Waals surface area contributed by atoms with Gasteiger partial charge in [-0.05, 0) is 49.9 Å². The lowest BCUT2D eigenvalue weighted by Crippen LogP contribution is -2.44. The van der Waals surface area contributed by atoms with Crippen LogP contribution in [0.25, 0.3) is 10.9 Å². The summed E-state index contributed by atoms with van der Waals surface area (Å²) in [5.41, 5.74) is 0.635. The largest absolute Gasteiger partial charge is 0.474 e. The van der Waals surface area contributed by atoms with Crippen LogP contribution < -0.4 is 15.0 Å². The summed E-state index contributed by atoms with van der Waals surface area (Å²) in [6.07, 6.45) is 0.748. The lowest BCUT2D eigenvalue weighted by Gasteiger charge is -2.33. The van der Waals surface area contributed by atoms with Crippen LogP contribution in [0.5, 0.6) is 5.88 Å². The summed E-state index contributed by atoms with van der Waals surface area (Å²) in [6.45, 7) is -0.320. The number of nitrogens with one attached hydrogen (secondary N) is 1. The Kier molecular flexibility index (Phi) is 6.10. The third kappa shape index (κ3) is 4.50. The summed E-state index contributed by atoms with van der Waals surface area (Å²) in [7, 11) is 1.82. The number of rotatable bonds is 5. The highest BCUT2D eigenvalue weighted by Crippen LogP contribution is 2.34. The molecule has 0 atom stereocenters. The van der Waals surface area contributed by atoms with E-state index in [4.69, 9.17) is 4.74 Å². The monoisotopic (exact) mass is 500 g/mol. The van der Waals surface area contributed by atoms with Crippen molar-refractivity contribution >= 4 is 34.2 Å². The number of pyridine rings is 1. The second-order valence-corrected chi connectivity index (χ2v) is 8.77. The molecule has 2 fully saturated rings. The van der Waals surface area contributed by atoms with Crippen LogP contribution in [0.3, 0.4) is 0 Å². The highest BCUT2D eigenvalue weighted by Gasteiger charge is 2.43. The van der Waals surface area contributed by atoms with Gasteiger partial charge >= 0.3 is 12.2 Å². The number of urea groups is 1. The minimum atomic E-state index is -4.60. The first-order valence-electron chi connectivity index (χ1n) is 11.5. The maximum Gasteiger partial charge on any atom is 0.417 e. The Morgan fingerprint density at radius 1 is 1.06 bits per heavy atom. The van der Waals surface area contributed by atoms with Crippen LogP contribution in [0.2, 0.25) is 0 Å². The molecule has 1 saturated carbocycles. The molecule has 3 heterocycles. The van der Waals surface area contributed by atoms with Gasteiger partial charge in [-0.15, -0.1) is 0 Å². The van der Waals surface area contributed by atoms with Crippen LogP contribution in [-0.2, 0) is 11.0 Å². The van der Waals surface area contributed by atoms with E-state index in [1.807, 2.05) is 25.2 Å². The predicted octanol–water partition coefficient (Wildman–Crippen LogP) is 4.24. The molecule has 1 N–H and O–H groups in total. The molecule has 5 rings (SSSR count). The van der Waals surface area contributed by atoms with E-state index in [2.05, 4.69) is 20.3 Å². The molecular weight excluding hydrogens is 477 g/mol. The molecule has 1 aromatic carbocycles. The number of benzene rings is 1. The number of imide groups is 1. The van der Waals surface area contributed by atoms with E-state index >= 15 is 0 Å². The van der Waals surface area contributed by atoms with Crippen LogP contribution in [0.15, 0.2) is 43.0 Å². The van der Waals surface area contributed by atoms with Crippen molar-refractivity contribution in [1.29, 1.82) is 0 Å². The number of ether oxygens (including phenoxy) is 1. The second kappa shape index (κ2) is 9.25. The number of hydrogen-bond donors (Lipinski definition) is 1. The fourth-order valence-electron chi connectivity index (χ4n) is 4.67. The molecule has 1 saturated heterocycles. The van der Waals surface area contributed by atoms with Gasteiger partial charge in [0, 0.05) is 25.0 Å². The van der Waals surface area contributed by atoms with Crippen LogP contribution in [0, 0.1) is 0 Å². The van der Waals surface area contributed by atoms with Crippen LogP contribution >= 0.6 is 0 Å². The van der Waals surface area contributed by atoms with Gasteiger partial charge in [0.1, 0.15) is 19.0 Å². The second-order valence-electron chi connectivity index (χ2n) is 8.77. The number of fused-ring (bicyclic) bond motifs is 1. The number of carbonyl (C=O) groups excluding carboxylic acids is 2. The minimum absolute atomic E-state index is 0.0558. The van der Waals surface area contributed by atoms with Crippen molar-refractivity contribution in [1.82, 2.24) is 19.9 Å². The van der Waals surface area contributed by atoms with Crippen molar-refractivity contribution in [3.8, 4) is 5.88 Å². The average Bonchev–Trinajstić information content (AvgIpc) is 3.17. The summed E-state index contributed by atoms with van der Waals surface area (Å²) in [6, 6.07) is 5.54. The number of alkyl halides is 3. The molecule has 2 aliphatic rings. The average molecular weight is 500 g/mol. The quantitative estimate of drug-likeness (QED) is 0.523. The lowest BCUT2D eigenvalue weighted by molar-refractivity contribution is -0.137. The third-order valence-electron chi connectivity index (χ3n) is 6.54. The zero-order chi connectivity index (χ0) is 25.4. The minimum Gasteiger partial charge on any atom is -0.474 e. The van der Waals surface area contributed by atoms with Gasteiger partial charge in [0.25, 0.3) is 5.91 Å². The van der Waals surface area contributed by atoms with E-state index in [0.29, 0.717) is 37.8 Å². The number of amides is 3. The van der Waals surface area contributed by atoms with Gasteiger partial charge in [-0.2, -0.15) is 13.2 Å². The fraction of sp³-hybridized carbons (Fsp3) is 0.375. The molecule has 1 aliphatic heterocycles. The van der Waals surface area contributed by atoms with Gasteiger partial charge in [-0.25, -0.2) is 14.8 Å². The highest BCUT2D eigenvalue weighted by molar-refractivity contribution is 6.12. The first-order valence-corrected chi connectivity index (χ1v) is 11.5. The molecule has 3 aromatic rings. The molecule has 0 unspecified atom stereocenters. The van der Waals surface area contributed by atoms with E-state index in [9.17, 15) is 22.8 Å². The van der Waals surface area contributed by atoms with Crippen molar-refractivity contribution < 1.29 is 27.5 Å². The molecule has 188 valence electrons. The van der Waals surface area contributed by atoms with E-state index in [1.54, 1.807) is 0 Å². The Bertz CT molecular complexity index is 1310. The Hall–Kier alpha value is -3.96. The normalized spacial score (nSPS) is 20.8. The summed E-state index contributed by atoms with van der Waals surface area (Å²) in [5.74, 6) is 0.0339. The van der Waals surface area contributed by atoms with E-state index in [1.165, 1.54) is 6.33 Å². The Morgan fingerprint density at radius 3 is 2.56 bits per heavy atom. The number of halogens is 3. The maximum absolute atomic E-state index is 13.1. The SMILES string of the molecule is CNc1ccc2c(O[C@H]3CC[C@@H](N4C(=O)CN(c5cncc(C(F)(F)F)c5)C4=O)CC3)ncnc2c1. The van der Waals surface area contributed by atoms with Gasteiger partial charge in [0.2, 0.25) is 5.88 Å². The van der Waals surface area contributed by atoms with Crippen LogP contribution in [0.1, 0.15) is 31.2 Å². The number of anilines is 2. The van der Waals surface area contributed by atoms with E-state index in [-0.39, 0.29) is 24.4 Å². The third-order valence-corrected chi connectivity index (χ3v) is 6.54. The van der Waals surface area contributed by atoms with E-state index in [0.717, 1.165) is 38.7 Å². The molecule has 0 radical (unpaired) electrons. The number of hydrogen-bond acceptors (Lipinski definition) is 7.